The smallest absolute Gasteiger partial charge is 0.204 e. The first kappa shape index (κ1) is 14.5. The first-order valence-corrected chi connectivity index (χ1v) is 5.96. The molecule has 0 spiro atoms. The molecule has 102 valence electrons. The third-order valence-electron chi connectivity index (χ3n) is 2.59. The molecule has 0 aromatic carbocycles. The number of rotatable bonds is 7. The zero-order valence-corrected chi connectivity index (χ0v) is 11.7. The molecular weight excluding hydrogens is 232 g/mol. The Morgan fingerprint density at radius 3 is 2.28 bits per heavy atom. The van der Waals surface area contributed by atoms with E-state index in [-0.39, 0.29) is 5.60 Å². The number of hydrogen-bond donors (Lipinski definition) is 2. The van der Waals surface area contributed by atoms with Crippen LogP contribution >= 0.6 is 0 Å². The van der Waals surface area contributed by atoms with E-state index >= 15 is 0 Å². The van der Waals surface area contributed by atoms with Crippen LogP contribution in [0.3, 0.4) is 0 Å². The molecule has 0 atom stereocenters. The largest absolute Gasteiger partial charge is 0.490 e. The third kappa shape index (κ3) is 3.73. The summed E-state index contributed by atoms with van der Waals surface area (Å²) in [5, 5.41) is 6.34. The summed E-state index contributed by atoms with van der Waals surface area (Å²) < 4.78 is 10.7. The van der Waals surface area contributed by atoms with Crippen molar-refractivity contribution in [2.75, 3.05) is 37.9 Å². The van der Waals surface area contributed by atoms with E-state index in [4.69, 9.17) is 9.47 Å². The summed E-state index contributed by atoms with van der Waals surface area (Å²) in [5.74, 6) is 1.97. The Labute approximate surface area is 108 Å². The van der Waals surface area contributed by atoms with Crippen LogP contribution in [0.2, 0.25) is 0 Å². The van der Waals surface area contributed by atoms with Crippen molar-refractivity contribution in [1.29, 1.82) is 0 Å². The fourth-order valence-electron chi connectivity index (χ4n) is 1.36. The minimum absolute atomic E-state index is 0.270. The summed E-state index contributed by atoms with van der Waals surface area (Å²) in [6, 6.07) is 0. The standard InChI is InChI=1S/C12H22N4O2/c1-6-13-10-9(17-4)11(16-8-15-10)14-7-12(2,3)18-5/h8H,6-7H2,1-5H3,(H2,13,14,15,16). The van der Waals surface area contributed by atoms with Gasteiger partial charge < -0.3 is 20.1 Å². The van der Waals surface area contributed by atoms with Crippen LogP contribution < -0.4 is 15.4 Å². The number of nitrogens with zero attached hydrogens (tertiary/aromatic N) is 2. The van der Waals surface area contributed by atoms with Crippen molar-refractivity contribution >= 4 is 11.6 Å². The highest BCUT2D eigenvalue weighted by Gasteiger charge is 2.18. The van der Waals surface area contributed by atoms with Crippen molar-refractivity contribution in [2.45, 2.75) is 26.4 Å². The highest BCUT2D eigenvalue weighted by Crippen LogP contribution is 2.29. The summed E-state index contributed by atoms with van der Waals surface area (Å²) in [5.41, 5.74) is -0.270. The number of ether oxygens (including phenoxy) is 2. The Balaban J connectivity index is 2.85. The lowest BCUT2D eigenvalue weighted by atomic mass is 10.1. The van der Waals surface area contributed by atoms with Gasteiger partial charge in [-0.1, -0.05) is 0 Å². The normalized spacial score (nSPS) is 11.2. The van der Waals surface area contributed by atoms with Gasteiger partial charge in [-0.25, -0.2) is 9.97 Å². The SMILES string of the molecule is CCNc1ncnc(NCC(C)(C)OC)c1OC. The lowest BCUT2D eigenvalue weighted by Crippen LogP contribution is -2.32. The first-order valence-electron chi connectivity index (χ1n) is 5.96. The van der Waals surface area contributed by atoms with Gasteiger partial charge in [0.15, 0.2) is 11.6 Å². The lowest BCUT2D eigenvalue weighted by Gasteiger charge is -2.24. The van der Waals surface area contributed by atoms with Crippen LogP contribution in [0.1, 0.15) is 20.8 Å². The molecule has 1 aromatic heterocycles. The van der Waals surface area contributed by atoms with Gasteiger partial charge in [0.1, 0.15) is 6.33 Å². The third-order valence-corrected chi connectivity index (χ3v) is 2.59. The van der Waals surface area contributed by atoms with Crippen LogP contribution in [0.25, 0.3) is 0 Å². The first-order chi connectivity index (χ1) is 8.54. The average molecular weight is 254 g/mol. The highest BCUT2D eigenvalue weighted by atomic mass is 16.5. The molecule has 6 heteroatoms. The molecule has 2 N–H and O–H groups in total. The van der Waals surface area contributed by atoms with Gasteiger partial charge in [-0.05, 0) is 20.8 Å². The fourth-order valence-corrected chi connectivity index (χ4v) is 1.36. The van der Waals surface area contributed by atoms with Crippen LogP contribution in [0.15, 0.2) is 6.33 Å². The molecule has 6 nitrogen and oxygen atoms in total. The van der Waals surface area contributed by atoms with Gasteiger partial charge in [0.2, 0.25) is 5.75 Å². The maximum Gasteiger partial charge on any atom is 0.204 e. The second-order valence-electron chi connectivity index (χ2n) is 4.45. The molecule has 1 heterocycles. The number of methoxy groups -OCH3 is 2. The van der Waals surface area contributed by atoms with Crippen molar-refractivity contribution < 1.29 is 9.47 Å². The van der Waals surface area contributed by atoms with Crippen molar-refractivity contribution in [2.24, 2.45) is 0 Å². The zero-order valence-electron chi connectivity index (χ0n) is 11.7. The Hall–Kier alpha value is -1.56. The lowest BCUT2D eigenvalue weighted by molar-refractivity contribution is 0.0343. The van der Waals surface area contributed by atoms with Crippen LogP contribution in [0.4, 0.5) is 11.6 Å². The maximum absolute atomic E-state index is 5.35. The summed E-state index contributed by atoms with van der Waals surface area (Å²) in [6.07, 6.45) is 1.50. The van der Waals surface area contributed by atoms with E-state index in [1.807, 2.05) is 20.8 Å². The fraction of sp³-hybridized carbons (Fsp3) is 0.667. The van der Waals surface area contributed by atoms with Gasteiger partial charge in [-0.2, -0.15) is 0 Å². The predicted molar refractivity (Wildman–Crippen MR) is 72.3 cm³/mol. The topological polar surface area (TPSA) is 68.3 Å². The molecular formula is C12H22N4O2. The molecule has 0 aliphatic rings. The van der Waals surface area contributed by atoms with Crippen LogP contribution in [-0.4, -0.2) is 42.9 Å². The summed E-state index contributed by atoms with van der Waals surface area (Å²) in [6.45, 7) is 7.40. The summed E-state index contributed by atoms with van der Waals surface area (Å²) >= 11 is 0. The van der Waals surface area contributed by atoms with Gasteiger partial charge in [0.05, 0.1) is 12.7 Å². The molecule has 0 saturated heterocycles. The predicted octanol–water partition coefficient (Wildman–Crippen LogP) is 1.75. The number of anilines is 2. The monoisotopic (exact) mass is 254 g/mol. The van der Waals surface area contributed by atoms with Crippen molar-refractivity contribution in [3.05, 3.63) is 6.33 Å². The van der Waals surface area contributed by atoms with Crippen molar-refractivity contribution in [3.63, 3.8) is 0 Å². The molecule has 1 rings (SSSR count). The van der Waals surface area contributed by atoms with E-state index in [1.54, 1.807) is 14.2 Å². The quantitative estimate of drug-likeness (QED) is 0.772. The minimum Gasteiger partial charge on any atom is -0.490 e. The molecule has 0 fully saturated rings. The summed E-state index contributed by atoms with van der Waals surface area (Å²) in [7, 11) is 3.29. The van der Waals surface area contributed by atoms with E-state index in [9.17, 15) is 0 Å². The molecule has 18 heavy (non-hydrogen) atoms. The Bertz CT molecular complexity index is 382. The van der Waals surface area contributed by atoms with Gasteiger partial charge in [-0.15, -0.1) is 0 Å². The molecule has 0 saturated carbocycles. The van der Waals surface area contributed by atoms with Gasteiger partial charge >= 0.3 is 0 Å². The Morgan fingerprint density at radius 1 is 1.17 bits per heavy atom. The van der Waals surface area contributed by atoms with E-state index in [0.29, 0.717) is 23.9 Å². The molecule has 0 radical (unpaired) electrons. The van der Waals surface area contributed by atoms with Crippen molar-refractivity contribution in [3.8, 4) is 5.75 Å². The van der Waals surface area contributed by atoms with E-state index < -0.39 is 0 Å². The number of hydrogen-bond acceptors (Lipinski definition) is 6. The maximum atomic E-state index is 5.35. The molecule has 0 bridgehead atoms. The second-order valence-corrected chi connectivity index (χ2v) is 4.45. The average Bonchev–Trinajstić information content (AvgIpc) is 2.37. The van der Waals surface area contributed by atoms with E-state index in [1.165, 1.54) is 6.33 Å². The summed E-state index contributed by atoms with van der Waals surface area (Å²) in [4.78, 5) is 8.33. The van der Waals surface area contributed by atoms with Crippen LogP contribution in [0, 0.1) is 0 Å². The van der Waals surface area contributed by atoms with Crippen LogP contribution in [-0.2, 0) is 4.74 Å². The van der Waals surface area contributed by atoms with Gasteiger partial charge in [-0.3, -0.25) is 0 Å². The molecule has 1 aromatic rings. The van der Waals surface area contributed by atoms with Crippen LogP contribution in [0.5, 0.6) is 5.75 Å². The van der Waals surface area contributed by atoms with Gasteiger partial charge in [0, 0.05) is 20.2 Å². The number of aromatic nitrogens is 2. The molecule has 0 unspecified atom stereocenters. The second kappa shape index (κ2) is 6.39. The van der Waals surface area contributed by atoms with E-state index in [2.05, 4.69) is 20.6 Å². The highest BCUT2D eigenvalue weighted by molar-refractivity contribution is 5.63. The Morgan fingerprint density at radius 2 is 1.78 bits per heavy atom. The van der Waals surface area contributed by atoms with Crippen molar-refractivity contribution in [1.82, 2.24) is 9.97 Å². The minimum atomic E-state index is -0.270. The molecule has 0 aliphatic heterocycles. The van der Waals surface area contributed by atoms with E-state index in [0.717, 1.165) is 6.54 Å². The number of nitrogens with one attached hydrogen (secondary N) is 2. The van der Waals surface area contributed by atoms with Gasteiger partial charge in [0.25, 0.3) is 0 Å². The Kier molecular flexibility index (Phi) is 5.15. The molecule has 0 aliphatic carbocycles. The molecule has 0 amide bonds. The zero-order chi connectivity index (χ0) is 13.6.